The van der Waals surface area contributed by atoms with E-state index in [1.165, 1.54) is 0 Å². The Morgan fingerprint density at radius 1 is 1.38 bits per heavy atom. The smallest absolute Gasteiger partial charge is 0.289 e. The Labute approximate surface area is 145 Å². The first kappa shape index (κ1) is 15.8. The highest BCUT2D eigenvalue weighted by Gasteiger charge is 2.42. The molecule has 2 aliphatic rings. The Hall–Kier alpha value is -1.70. The zero-order valence-corrected chi connectivity index (χ0v) is 14.3. The molecule has 0 aromatic carbocycles. The van der Waals surface area contributed by atoms with Crippen LogP contribution in [0.1, 0.15) is 22.0 Å². The maximum Gasteiger partial charge on any atom is 0.289 e. The number of carbonyl (C=O) groups excluding carboxylic acids is 1. The van der Waals surface area contributed by atoms with E-state index in [4.69, 9.17) is 9.15 Å². The van der Waals surface area contributed by atoms with Gasteiger partial charge in [0, 0.05) is 36.6 Å². The fraction of sp³-hybridized carbons (Fsp3) is 0.529. The van der Waals surface area contributed by atoms with E-state index in [-0.39, 0.29) is 11.3 Å². The second-order valence-corrected chi connectivity index (χ2v) is 7.62. The lowest BCUT2D eigenvalue weighted by molar-refractivity contribution is 0.0625. The summed E-state index contributed by atoms with van der Waals surface area (Å²) in [5.74, 6) is 0.368. The summed E-state index contributed by atoms with van der Waals surface area (Å²) in [6, 6.07) is 3.48. The van der Waals surface area contributed by atoms with Crippen LogP contribution in [0.5, 0.6) is 0 Å². The van der Waals surface area contributed by atoms with Gasteiger partial charge in [-0.15, -0.1) is 11.3 Å². The molecule has 128 valence electrons. The lowest BCUT2D eigenvalue weighted by atomic mass is 9.87. The predicted octanol–water partition coefficient (Wildman–Crippen LogP) is 2.10. The fourth-order valence-corrected chi connectivity index (χ4v) is 4.31. The molecule has 2 aromatic rings. The Kier molecular flexibility index (Phi) is 4.39. The molecule has 2 aromatic heterocycles. The number of aromatic nitrogens is 1. The van der Waals surface area contributed by atoms with E-state index >= 15 is 0 Å². The van der Waals surface area contributed by atoms with Crippen LogP contribution < -0.4 is 0 Å². The second-order valence-electron chi connectivity index (χ2n) is 6.64. The third-order valence-electron chi connectivity index (χ3n) is 4.82. The van der Waals surface area contributed by atoms with Crippen LogP contribution in [-0.4, -0.2) is 60.1 Å². The first-order valence-corrected chi connectivity index (χ1v) is 9.13. The van der Waals surface area contributed by atoms with Crippen molar-refractivity contribution in [2.75, 3.05) is 39.4 Å². The van der Waals surface area contributed by atoms with E-state index in [1.54, 1.807) is 29.7 Å². The number of ether oxygens (including phenoxy) is 1. The van der Waals surface area contributed by atoms with Gasteiger partial charge in [0.2, 0.25) is 0 Å². The lowest BCUT2D eigenvalue weighted by Crippen LogP contribution is -2.43. The van der Waals surface area contributed by atoms with Gasteiger partial charge in [-0.1, -0.05) is 0 Å². The van der Waals surface area contributed by atoms with Gasteiger partial charge in [-0.3, -0.25) is 9.69 Å². The van der Waals surface area contributed by atoms with Gasteiger partial charge >= 0.3 is 0 Å². The molecule has 7 heteroatoms. The topological polar surface area (TPSA) is 58.8 Å². The van der Waals surface area contributed by atoms with Crippen molar-refractivity contribution in [3.05, 3.63) is 40.7 Å². The van der Waals surface area contributed by atoms with Gasteiger partial charge in [0.25, 0.3) is 5.91 Å². The van der Waals surface area contributed by atoms with Gasteiger partial charge < -0.3 is 14.1 Å². The van der Waals surface area contributed by atoms with E-state index in [9.17, 15) is 4.79 Å². The van der Waals surface area contributed by atoms with E-state index in [2.05, 4.69) is 9.88 Å². The zero-order valence-electron chi connectivity index (χ0n) is 13.5. The van der Waals surface area contributed by atoms with E-state index in [0.29, 0.717) is 25.5 Å². The van der Waals surface area contributed by atoms with Crippen molar-refractivity contribution in [1.82, 2.24) is 14.8 Å². The van der Waals surface area contributed by atoms with Crippen LogP contribution in [-0.2, 0) is 11.3 Å². The van der Waals surface area contributed by atoms with Crippen molar-refractivity contribution in [1.29, 1.82) is 0 Å². The third-order valence-corrected chi connectivity index (χ3v) is 5.58. The van der Waals surface area contributed by atoms with Crippen LogP contribution in [0.4, 0.5) is 0 Å². The molecule has 1 atom stereocenters. The molecule has 4 heterocycles. The first-order chi connectivity index (χ1) is 11.7. The molecule has 0 unspecified atom stereocenters. The molecule has 1 spiro atoms. The standard InChI is InChI=1S/C17H21N3O3S/c21-16(14-2-1-7-23-14)20-6-8-22-13-17(12-20)3-5-19(11-17)10-15-18-4-9-24-15/h1-2,4,7,9H,3,5-6,8,10-13H2/t17-/m0/s1. The van der Waals surface area contributed by atoms with Gasteiger partial charge in [-0.05, 0) is 25.1 Å². The number of hydrogen-bond acceptors (Lipinski definition) is 6. The van der Waals surface area contributed by atoms with Crippen molar-refractivity contribution >= 4 is 17.2 Å². The summed E-state index contributed by atoms with van der Waals surface area (Å²) in [5.41, 5.74) is 0.00993. The molecule has 0 bridgehead atoms. The second kappa shape index (κ2) is 6.66. The number of furan rings is 1. The quantitative estimate of drug-likeness (QED) is 0.851. The van der Waals surface area contributed by atoms with E-state index < -0.39 is 0 Å². The predicted molar refractivity (Wildman–Crippen MR) is 89.9 cm³/mol. The highest BCUT2D eigenvalue weighted by atomic mass is 32.1. The normalized spacial score (nSPS) is 25.2. The number of carbonyl (C=O) groups is 1. The maximum atomic E-state index is 12.6. The molecule has 0 aliphatic carbocycles. The number of hydrogen-bond donors (Lipinski definition) is 0. The minimum absolute atomic E-state index is 0.00993. The number of rotatable bonds is 3. The molecule has 0 N–H and O–H groups in total. The summed E-state index contributed by atoms with van der Waals surface area (Å²) in [4.78, 5) is 21.3. The van der Waals surface area contributed by atoms with Gasteiger partial charge in [-0.2, -0.15) is 0 Å². The van der Waals surface area contributed by atoms with Crippen LogP contribution >= 0.6 is 11.3 Å². The molecule has 0 saturated carbocycles. The molecule has 4 rings (SSSR count). The van der Waals surface area contributed by atoms with E-state index in [1.807, 2.05) is 16.5 Å². The number of likely N-dealkylation sites (tertiary alicyclic amines) is 1. The number of thiazole rings is 1. The maximum absolute atomic E-state index is 12.6. The van der Waals surface area contributed by atoms with Crippen LogP contribution in [0, 0.1) is 5.41 Å². The van der Waals surface area contributed by atoms with Crippen LogP contribution in [0.15, 0.2) is 34.4 Å². The molecule has 1 amide bonds. The molecular weight excluding hydrogens is 326 g/mol. The average molecular weight is 347 g/mol. The van der Waals surface area contributed by atoms with Gasteiger partial charge in [-0.25, -0.2) is 4.98 Å². The monoisotopic (exact) mass is 347 g/mol. The van der Waals surface area contributed by atoms with Crippen LogP contribution in [0.2, 0.25) is 0 Å². The molecule has 2 aliphatic heterocycles. The summed E-state index contributed by atoms with van der Waals surface area (Å²) >= 11 is 1.69. The van der Waals surface area contributed by atoms with Gasteiger partial charge in [0.1, 0.15) is 5.01 Å². The van der Waals surface area contributed by atoms with Gasteiger partial charge in [0.15, 0.2) is 5.76 Å². The summed E-state index contributed by atoms with van der Waals surface area (Å²) in [6.07, 6.45) is 4.44. The van der Waals surface area contributed by atoms with Crippen molar-refractivity contribution in [2.24, 2.45) is 5.41 Å². The molecule has 2 fully saturated rings. The largest absolute Gasteiger partial charge is 0.459 e. The highest BCUT2D eigenvalue weighted by molar-refractivity contribution is 7.09. The number of nitrogens with zero attached hydrogens (tertiary/aromatic N) is 3. The molecule has 2 saturated heterocycles. The van der Waals surface area contributed by atoms with Crippen LogP contribution in [0.3, 0.4) is 0 Å². The van der Waals surface area contributed by atoms with E-state index in [0.717, 1.165) is 37.6 Å². The highest BCUT2D eigenvalue weighted by Crippen LogP contribution is 2.34. The molecule has 0 radical (unpaired) electrons. The SMILES string of the molecule is O=C(c1ccco1)N1CCOC[C@]2(CCN(Cc3nccs3)C2)C1. The molecule has 6 nitrogen and oxygen atoms in total. The van der Waals surface area contributed by atoms with Crippen molar-refractivity contribution in [2.45, 2.75) is 13.0 Å². The summed E-state index contributed by atoms with van der Waals surface area (Å²) in [7, 11) is 0. The molecule has 24 heavy (non-hydrogen) atoms. The van der Waals surface area contributed by atoms with Crippen LogP contribution in [0.25, 0.3) is 0 Å². The van der Waals surface area contributed by atoms with Crippen molar-refractivity contribution < 1.29 is 13.9 Å². The summed E-state index contributed by atoms with van der Waals surface area (Å²) < 4.78 is 11.1. The Morgan fingerprint density at radius 2 is 2.33 bits per heavy atom. The summed E-state index contributed by atoms with van der Waals surface area (Å²) in [5, 5.41) is 3.16. The zero-order chi connectivity index (χ0) is 16.4. The van der Waals surface area contributed by atoms with Crippen molar-refractivity contribution in [3.8, 4) is 0 Å². The molecular formula is C17H21N3O3S. The average Bonchev–Trinajstić information content (AvgIpc) is 3.30. The fourth-order valence-electron chi connectivity index (χ4n) is 3.65. The Morgan fingerprint density at radius 3 is 3.12 bits per heavy atom. The van der Waals surface area contributed by atoms with Crippen molar-refractivity contribution in [3.63, 3.8) is 0 Å². The Balaban J connectivity index is 1.45. The minimum atomic E-state index is -0.0387. The third kappa shape index (κ3) is 3.24. The first-order valence-electron chi connectivity index (χ1n) is 8.25. The summed E-state index contributed by atoms with van der Waals surface area (Å²) in [6.45, 7) is 5.48. The van der Waals surface area contributed by atoms with Gasteiger partial charge in [0.05, 0.1) is 26.0 Å². The lowest BCUT2D eigenvalue weighted by Gasteiger charge is -2.31. The minimum Gasteiger partial charge on any atom is -0.459 e. The number of amides is 1. The Bertz CT molecular complexity index is 673.